The van der Waals surface area contributed by atoms with Crippen LogP contribution >= 0.6 is 23.8 Å². The minimum absolute atomic E-state index is 0.209. The van der Waals surface area contributed by atoms with Gasteiger partial charge in [0.1, 0.15) is 5.82 Å². The van der Waals surface area contributed by atoms with Gasteiger partial charge in [-0.15, -0.1) is 0 Å². The molecule has 1 aliphatic carbocycles. The normalized spacial score (nSPS) is 23.2. The van der Waals surface area contributed by atoms with E-state index in [1.165, 1.54) is 12.3 Å². The minimum Gasteiger partial charge on any atom is -0.383 e. The van der Waals surface area contributed by atoms with E-state index in [0.29, 0.717) is 17.9 Å². The molecule has 9 heteroatoms. The number of halogens is 1. The number of pyridine rings is 1. The Morgan fingerprint density at radius 2 is 2.08 bits per heavy atom. The summed E-state index contributed by atoms with van der Waals surface area (Å²) in [6.07, 6.45) is 3.55. The molecule has 0 aliphatic heterocycles. The largest absolute Gasteiger partial charge is 0.383 e. The molecule has 1 aromatic rings. The predicted octanol–water partition coefficient (Wildman–Crippen LogP) is 0.833. The second kappa shape index (κ2) is 8.36. The van der Waals surface area contributed by atoms with Crippen LogP contribution in [0.25, 0.3) is 0 Å². The van der Waals surface area contributed by atoms with Gasteiger partial charge in [0.2, 0.25) is 0 Å². The van der Waals surface area contributed by atoms with E-state index in [4.69, 9.17) is 29.6 Å². The number of hydrogen-bond donors (Lipinski definition) is 4. The van der Waals surface area contributed by atoms with Crippen LogP contribution in [0.3, 0.4) is 0 Å². The van der Waals surface area contributed by atoms with E-state index in [1.807, 2.05) is 0 Å². The molecule has 0 spiro atoms. The maximum absolute atomic E-state index is 12.0. The Labute approximate surface area is 150 Å². The molecular weight excluding hydrogens is 350 g/mol. The highest BCUT2D eigenvalue weighted by molar-refractivity contribution is 7.80. The maximum Gasteiger partial charge on any atom is 0.314 e. The number of thiocarbonyl (C=S) groups is 1. The number of nitrogens with one attached hydrogen (secondary N) is 3. The number of carbonyl (C=O) groups is 2. The molecule has 2 amide bonds. The van der Waals surface area contributed by atoms with E-state index in [1.54, 1.807) is 13.1 Å². The molecule has 1 saturated carbocycles. The zero-order valence-corrected chi connectivity index (χ0v) is 14.8. The highest BCUT2D eigenvalue weighted by Crippen LogP contribution is 2.24. The maximum atomic E-state index is 12.0. The first-order valence-electron chi connectivity index (χ1n) is 7.61. The Bertz CT molecular complexity index is 625. The monoisotopic (exact) mass is 369 g/mol. The van der Waals surface area contributed by atoms with Crippen LogP contribution in [0.1, 0.15) is 19.3 Å². The minimum atomic E-state index is -0.787. The number of nitrogens with zero attached hydrogens (tertiary/aromatic N) is 1. The summed E-state index contributed by atoms with van der Waals surface area (Å²) < 4.78 is 0. The van der Waals surface area contributed by atoms with Crippen molar-refractivity contribution in [2.45, 2.75) is 31.3 Å². The van der Waals surface area contributed by atoms with Gasteiger partial charge in [-0.25, -0.2) is 4.98 Å². The van der Waals surface area contributed by atoms with Gasteiger partial charge < -0.3 is 21.7 Å². The van der Waals surface area contributed by atoms with Gasteiger partial charge in [-0.2, -0.15) is 0 Å². The van der Waals surface area contributed by atoms with Crippen LogP contribution in [0.15, 0.2) is 18.3 Å². The molecule has 1 fully saturated rings. The summed E-state index contributed by atoms with van der Waals surface area (Å²) in [5, 5.41) is 8.51. The number of hydrogen-bond acceptors (Lipinski definition) is 5. The third kappa shape index (κ3) is 4.86. The number of rotatable bonds is 3. The Balaban J connectivity index is 1.86. The number of carbonyl (C=O) groups excluding carboxylic acids is 2. The fraction of sp³-hybridized carbons (Fsp3) is 0.467. The fourth-order valence-electron chi connectivity index (χ4n) is 2.68. The van der Waals surface area contributed by atoms with Crippen molar-refractivity contribution in [2.75, 3.05) is 12.4 Å². The van der Waals surface area contributed by atoms with Gasteiger partial charge in [-0.3, -0.25) is 9.59 Å². The summed E-state index contributed by atoms with van der Waals surface area (Å²) >= 11 is 11.0. The van der Waals surface area contributed by atoms with E-state index >= 15 is 0 Å². The van der Waals surface area contributed by atoms with E-state index < -0.39 is 11.8 Å². The lowest BCUT2D eigenvalue weighted by atomic mass is 9.82. The first-order valence-corrected chi connectivity index (χ1v) is 8.40. The van der Waals surface area contributed by atoms with Crippen LogP contribution in [0.4, 0.5) is 5.82 Å². The molecule has 24 heavy (non-hydrogen) atoms. The zero-order valence-electron chi connectivity index (χ0n) is 13.2. The molecule has 0 radical (unpaired) electrons. The van der Waals surface area contributed by atoms with E-state index in [-0.39, 0.29) is 23.8 Å². The van der Waals surface area contributed by atoms with Crippen molar-refractivity contribution in [3.8, 4) is 0 Å². The van der Waals surface area contributed by atoms with Crippen LogP contribution in [0.2, 0.25) is 5.02 Å². The summed E-state index contributed by atoms with van der Waals surface area (Å²) in [4.78, 5) is 28.6. The molecule has 5 N–H and O–H groups in total. The lowest BCUT2D eigenvalue weighted by molar-refractivity contribution is -0.136. The average molecular weight is 370 g/mol. The second-order valence-electron chi connectivity index (χ2n) is 5.68. The summed E-state index contributed by atoms with van der Waals surface area (Å²) in [5.41, 5.74) is 6.12. The lowest BCUT2D eigenvalue weighted by Crippen LogP contribution is -2.54. The van der Waals surface area contributed by atoms with E-state index in [0.717, 1.165) is 11.4 Å². The van der Waals surface area contributed by atoms with Crippen LogP contribution in [0, 0.1) is 5.92 Å². The second-order valence-corrected chi connectivity index (χ2v) is 6.56. The lowest BCUT2D eigenvalue weighted by Gasteiger charge is -2.34. The van der Waals surface area contributed by atoms with Crippen molar-refractivity contribution in [3.63, 3.8) is 0 Å². The Morgan fingerprint density at radius 1 is 1.33 bits per heavy atom. The predicted molar refractivity (Wildman–Crippen MR) is 96.8 cm³/mol. The molecule has 0 saturated heterocycles. The number of anilines is 1. The van der Waals surface area contributed by atoms with Crippen LogP contribution in [-0.4, -0.2) is 40.9 Å². The third-order valence-corrected chi connectivity index (χ3v) is 4.77. The van der Waals surface area contributed by atoms with Gasteiger partial charge in [0, 0.05) is 31.2 Å². The summed E-state index contributed by atoms with van der Waals surface area (Å²) in [5.74, 6) is -1.06. The molecule has 130 valence electrons. The summed E-state index contributed by atoms with van der Waals surface area (Å²) in [6.45, 7) is 0. The van der Waals surface area contributed by atoms with Crippen LogP contribution in [0.5, 0.6) is 0 Å². The van der Waals surface area contributed by atoms with Gasteiger partial charge in [-0.05, 0) is 31.4 Å². The standard InChI is InChI=1S/C15H20ClN5O2S/c1-18-15(24)8-2-4-11(10(17)6-8)20-13(22)14(23)21-12-5-3-9(16)7-19-12/h3,5,7-8,10-11H,2,4,6,17H2,1H3,(H,18,24)(H,20,22)(H,19,21,23)/t8-,10+,11-/m0/s1. The topological polar surface area (TPSA) is 109 Å². The van der Waals surface area contributed by atoms with Gasteiger partial charge in [-0.1, -0.05) is 23.8 Å². The fourth-order valence-corrected chi connectivity index (χ4v) is 3.01. The van der Waals surface area contributed by atoms with Crippen molar-refractivity contribution in [1.82, 2.24) is 15.6 Å². The Morgan fingerprint density at radius 3 is 2.67 bits per heavy atom. The van der Waals surface area contributed by atoms with Gasteiger partial charge >= 0.3 is 11.8 Å². The molecule has 0 unspecified atom stereocenters. The van der Waals surface area contributed by atoms with Crippen LogP contribution < -0.4 is 21.7 Å². The quantitative estimate of drug-likeness (QED) is 0.464. The Hall–Kier alpha value is -1.77. The highest BCUT2D eigenvalue weighted by Gasteiger charge is 2.32. The number of amides is 2. The molecule has 2 rings (SSSR count). The van der Waals surface area contributed by atoms with Crippen LogP contribution in [-0.2, 0) is 9.59 Å². The smallest absolute Gasteiger partial charge is 0.314 e. The molecule has 1 aliphatic rings. The molecule has 0 bridgehead atoms. The van der Waals surface area contributed by atoms with Crippen molar-refractivity contribution in [2.24, 2.45) is 11.7 Å². The zero-order chi connectivity index (χ0) is 17.7. The molecule has 1 aromatic heterocycles. The third-order valence-electron chi connectivity index (χ3n) is 4.01. The van der Waals surface area contributed by atoms with Crippen molar-refractivity contribution in [3.05, 3.63) is 23.4 Å². The summed E-state index contributed by atoms with van der Waals surface area (Å²) in [7, 11) is 1.79. The van der Waals surface area contributed by atoms with Crippen molar-refractivity contribution in [1.29, 1.82) is 0 Å². The molecular formula is C15H20ClN5O2S. The van der Waals surface area contributed by atoms with Crippen molar-refractivity contribution >= 4 is 46.4 Å². The highest BCUT2D eigenvalue weighted by atomic mass is 35.5. The number of aromatic nitrogens is 1. The molecule has 1 heterocycles. The Kier molecular flexibility index (Phi) is 6.47. The van der Waals surface area contributed by atoms with Crippen molar-refractivity contribution < 1.29 is 9.59 Å². The number of nitrogens with two attached hydrogens (primary N) is 1. The summed E-state index contributed by atoms with van der Waals surface area (Å²) in [6, 6.07) is 2.59. The SMILES string of the molecule is CNC(=S)[C@H]1CC[C@H](NC(=O)C(=O)Nc2ccc(Cl)cn2)[C@H](N)C1. The van der Waals surface area contributed by atoms with E-state index in [9.17, 15) is 9.59 Å². The van der Waals surface area contributed by atoms with Gasteiger partial charge in [0.05, 0.1) is 10.0 Å². The molecule has 3 atom stereocenters. The van der Waals surface area contributed by atoms with Gasteiger partial charge in [0.25, 0.3) is 0 Å². The molecule has 7 nitrogen and oxygen atoms in total. The first kappa shape index (κ1) is 18.6. The van der Waals surface area contributed by atoms with Gasteiger partial charge in [0.15, 0.2) is 0 Å². The molecule has 0 aromatic carbocycles. The first-order chi connectivity index (χ1) is 11.4. The average Bonchev–Trinajstić information content (AvgIpc) is 2.57. The van der Waals surface area contributed by atoms with E-state index in [2.05, 4.69) is 20.9 Å².